The normalized spacial score (nSPS) is 11.2. The molecule has 0 aliphatic heterocycles. The van der Waals surface area contributed by atoms with Gasteiger partial charge in [-0.25, -0.2) is 4.98 Å². The van der Waals surface area contributed by atoms with E-state index in [0.29, 0.717) is 28.7 Å². The lowest BCUT2D eigenvalue weighted by Gasteiger charge is -2.07. The van der Waals surface area contributed by atoms with E-state index in [1.54, 1.807) is 30.9 Å². The Morgan fingerprint density at radius 2 is 1.88 bits per heavy atom. The Morgan fingerprint density at radius 3 is 2.78 bits per heavy atom. The van der Waals surface area contributed by atoms with Gasteiger partial charge in [0.1, 0.15) is 5.65 Å². The molecule has 7 nitrogen and oxygen atoms in total. The zero-order valence-corrected chi connectivity index (χ0v) is 18.2. The van der Waals surface area contributed by atoms with Crippen molar-refractivity contribution in [2.24, 2.45) is 0 Å². The first-order valence-corrected chi connectivity index (χ1v) is 10.6. The van der Waals surface area contributed by atoms with Gasteiger partial charge in [-0.2, -0.15) is 5.10 Å². The molecule has 0 atom stereocenters. The zero-order chi connectivity index (χ0) is 22.1. The van der Waals surface area contributed by atoms with Crippen molar-refractivity contribution >= 4 is 51.0 Å². The summed E-state index contributed by atoms with van der Waals surface area (Å²) < 4.78 is 0. The Bertz CT molecular complexity index is 1470. The van der Waals surface area contributed by atoms with Crippen molar-refractivity contribution < 1.29 is 4.79 Å². The fraction of sp³-hybridized carbons (Fsp3) is 0.0870. The van der Waals surface area contributed by atoms with Gasteiger partial charge in [-0.05, 0) is 53.4 Å². The highest BCUT2D eigenvalue weighted by Gasteiger charge is 2.11. The number of aromatic nitrogens is 5. The molecular formula is C23H16Cl2N6O. The molecule has 1 aromatic carbocycles. The second-order valence-electron chi connectivity index (χ2n) is 7.37. The minimum atomic E-state index is -0.311. The van der Waals surface area contributed by atoms with Crippen molar-refractivity contribution in [1.29, 1.82) is 0 Å². The molecule has 4 heterocycles. The quantitative estimate of drug-likeness (QED) is 0.393. The van der Waals surface area contributed by atoms with Crippen molar-refractivity contribution in [2.45, 2.75) is 13.0 Å². The van der Waals surface area contributed by atoms with Gasteiger partial charge in [0.2, 0.25) is 0 Å². The van der Waals surface area contributed by atoms with Gasteiger partial charge in [0.15, 0.2) is 5.69 Å². The fourth-order valence-corrected chi connectivity index (χ4v) is 3.86. The number of carbonyl (C=O) groups excluding carboxylic acids is 1. The summed E-state index contributed by atoms with van der Waals surface area (Å²) >= 11 is 12.2. The Labute approximate surface area is 192 Å². The molecular weight excluding hydrogens is 447 g/mol. The molecule has 0 saturated carbocycles. The summed E-state index contributed by atoms with van der Waals surface area (Å²) in [6.07, 6.45) is 7.26. The number of H-pyrrole nitrogens is 1. The Hall–Kier alpha value is -3.55. The summed E-state index contributed by atoms with van der Waals surface area (Å²) in [7, 11) is 0. The van der Waals surface area contributed by atoms with Crippen molar-refractivity contribution in [1.82, 2.24) is 30.5 Å². The number of benzene rings is 1. The molecule has 0 spiro atoms. The lowest BCUT2D eigenvalue weighted by molar-refractivity contribution is 0.0944. The predicted molar refractivity (Wildman–Crippen MR) is 124 cm³/mol. The van der Waals surface area contributed by atoms with E-state index < -0.39 is 0 Å². The monoisotopic (exact) mass is 462 g/mol. The summed E-state index contributed by atoms with van der Waals surface area (Å²) in [5, 5.41) is 13.8. The summed E-state index contributed by atoms with van der Waals surface area (Å²) in [6, 6.07) is 11.5. The fourth-order valence-electron chi connectivity index (χ4n) is 3.50. The Balaban J connectivity index is 1.29. The minimum absolute atomic E-state index is 0.252. The molecule has 0 saturated heterocycles. The molecule has 5 aromatic rings. The Kier molecular flexibility index (Phi) is 5.43. The van der Waals surface area contributed by atoms with Crippen LogP contribution in [-0.2, 0) is 13.0 Å². The van der Waals surface area contributed by atoms with Crippen molar-refractivity contribution in [3.63, 3.8) is 0 Å². The van der Waals surface area contributed by atoms with Gasteiger partial charge >= 0.3 is 0 Å². The van der Waals surface area contributed by atoms with Crippen LogP contribution in [-0.4, -0.2) is 31.1 Å². The summed E-state index contributed by atoms with van der Waals surface area (Å²) in [4.78, 5) is 24.2. The molecule has 5 rings (SSSR count). The predicted octanol–water partition coefficient (Wildman–Crippen LogP) is 4.73. The third-order valence-electron chi connectivity index (χ3n) is 5.05. The largest absolute Gasteiger partial charge is 0.347 e. The number of nitrogens with one attached hydrogen (secondary N) is 2. The van der Waals surface area contributed by atoms with Crippen molar-refractivity contribution in [2.75, 3.05) is 0 Å². The maximum absolute atomic E-state index is 12.6. The molecule has 4 aromatic heterocycles. The maximum Gasteiger partial charge on any atom is 0.272 e. The van der Waals surface area contributed by atoms with Crippen LogP contribution in [0, 0.1) is 0 Å². The number of hydrogen-bond acceptors (Lipinski definition) is 5. The molecule has 0 aliphatic carbocycles. The van der Waals surface area contributed by atoms with E-state index in [2.05, 4.69) is 30.5 Å². The molecule has 2 N–H and O–H groups in total. The van der Waals surface area contributed by atoms with E-state index in [9.17, 15) is 4.79 Å². The van der Waals surface area contributed by atoms with Crippen LogP contribution in [0.2, 0.25) is 10.0 Å². The van der Waals surface area contributed by atoms with Gasteiger partial charge in [-0.3, -0.25) is 9.78 Å². The molecule has 0 radical (unpaired) electrons. The van der Waals surface area contributed by atoms with Gasteiger partial charge < -0.3 is 10.3 Å². The smallest absolute Gasteiger partial charge is 0.272 e. The van der Waals surface area contributed by atoms with Crippen LogP contribution in [0.25, 0.3) is 21.9 Å². The molecule has 0 fully saturated rings. The van der Waals surface area contributed by atoms with Crippen molar-refractivity contribution in [3.8, 4) is 0 Å². The number of rotatable bonds is 5. The van der Waals surface area contributed by atoms with Gasteiger partial charge in [-0.1, -0.05) is 29.3 Å². The van der Waals surface area contributed by atoms with Crippen molar-refractivity contribution in [3.05, 3.63) is 93.6 Å². The Morgan fingerprint density at radius 1 is 0.969 bits per heavy atom. The second kappa shape index (κ2) is 8.53. The van der Waals surface area contributed by atoms with Gasteiger partial charge in [-0.15, -0.1) is 5.10 Å². The van der Waals surface area contributed by atoms with Gasteiger partial charge in [0, 0.05) is 35.9 Å². The van der Waals surface area contributed by atoms with Crippen LogP contribution in [0.3, 0.4) is 0 Å². The van der Waals surface area contributed by atoms with Crippen LogP contribution in [0.1, 0.15) is 27.2 Å². The average Bonchev–Trinajstić information content (AvgIpc) is 3.17. The number of hydrogen-bond donors (Lipinski definition) is 2. The van der Waals surface area contributed by atoms with Crippen LogP contribution < -0.4 is 5.32 Å². The van der Waals surface area contributed by atoms with E-state index in [-0.39, 0.29) is 11.6 Å². The van der Waals surface area contributed by atoms with Crippen LogP contribution >= 0.6 is 23.2 Å². The van der Waals surface area contributed by atoms with Crippen LogP contribution in [0.4, 0.5) is 0 Å². The number of amides is 1. The highest BCUT2D eigenvalue weighted by molar-refractivity contribution is 6.35. The highest BCUT2D eigenvalue weighted by Crippen LogP contribution is 2.22. The van der Waals surface area contributed by atoms with Gasteiger partial charge in [0.05, 0.1) is 21.8 Å². The SMILES string of the molecule is O=C(NCc1cnc2[nH]cc(Cl)c2c1)c1cc(Cc2ccc3ncc(Cl)cc3c2)cnn1. The maximum atomic E-state index is 12.6. The summed E-state index contributed by atoms with van der Waals surface area (Å²) in [5.41, 5.74) is 4.60. The lowest BCUT2D eigenvalue weighted by atomic mass is 10.0. The topological polar surface area (TPSA) is 96.5 Å². The number of aromatic amines is 1. The number of nitrogens with zero attached hydrogens (tertiary/aromatic N) is 4. The number of fused-ring (bicyclic) bond motifs is 2. The van der Waals surface area contributed by atoms with E-state index in [1.807, 2.05) is 30.3 Å². The lowest BCUT2D eigenvalue weighted by Crippen LogP contribution is -2.24. The first-order valence-electron chi connectivity index (χ1n) is 9.81. The third-order valence-corrected chi connectivity index (χ3v) is 5.57. The standard InChI is InChI=1S/C23H16Cl2N6O/c24-17-7-16-4-13(1-2-20(16)26-11-17)3-14-6-21(31-30-10-14)23(32)29-9-15-5-18-19(25)12-28-22(18)27-8-15/h1-2,4-8,10-12H,3,9H2,(H,27,28)(H,29,32). The highest BCUT2D eigenvalue weighted by atomic mass is 35.5. The van der Waals surface area contributed by atoms with E-state index >= 15 is 0 Å². The molecule has 158 valence electrons. The first kappa shape index (κ1) is 20.4. The number of halogens is 2. The molecule has 0 bridgehead atoms. The van der Waals surface area contributed by atoms with E-state index in [4.69, 9.17) is 23.2 Å². The zero-order valence-electron chi connectivity index (χ0n) is 16.6. The summed E-state index contributed by atoms with van der Waals surface area (Å²) in [6.45, 7) is 0.299. The second-order valence-corrected chi connectivity index (χ2v) is 8.21. The molecule has 32 heavy (non-hydrogen) atoms. The first-order chi connectivity index (χ1) is 15.5. The van der Waals surface area contributed by atoms with Crippen LogP contribution in [0.15, 0.2) is 61.2 Å². The number of pyridine rings is 2. The summed E-state index contributed by atoms with van der Waals surface area (Å²) in [5.74, 6) is -0.311. The number of carbonyl (C=O) groups is 1. The molecule has 9 heteroatoms. The third kappa shape index (κ3) is 4.26. The minimum Gasteiger partial charge on any atom is -0.347 e. The van der Waals surface area contributed by atoms with E-state index in [1.165, 1.54) is 0 Å². The van der Waals surface area contributed by atoms with Gasteiger partial charge in [0.25, 0.3) is 5.91 Å². The average molecular weight is 463 g/mol. The van der Waals surface area contributed by atoms with Crippen LogP contribution in [0.5, 0.6) is 0 Å². The van der Waals surface area contributed by atoms with E-state index in [0.717, 1.165) is 33.0 Å². The molecule has 0 unspecified atom stereocenters. The molecule has 0 aliphatic rings. The molecule has 1 amide bonds.